The zero-order valence-corrected chi connectivity index (χ0v) is 12.4. The molecule has 0 bridgehead atoms. The summed E-state index contributed by atoms with van der Waals surface area (Å²) in [7, 11) is -3.06. The maximum atomic E-state index is 11.6. The summed E-state index contributed by atoms with van der Waals surface area (Å²) >= 11 is 0. The molecule has 0 aliphatic carbocycles. The van der Waals surface area contributed by atoms with Gasteiger partial charge in [-0.2, -0.15) is 0 Å². The van der Waals surface area contributed by atoms with Gasteiger partial charge < -0.3 is 4.74 Å². The highest BCUT2D eigenvalue weighted by Crippen LogP contribution is 2.06. The average Bonchev–Trinajstić information content (AvgIpc) is 2.33. The van der Waals surface area contributed by atoms with Crippen molar-refractivity contribution in [1.82, 2.24) is 0 Å². The molecule has 0 saturated carbocycles. The van der Waals surface area contributed by atoms with Crippen LogP contribution in [-0.2, 0) is 19.4 Å². The third-order valence-corrected chi connectivity index (χ3v) is 4.45. The van der Waals surface area contributed by atoms with E-state index in [-0.39, 0.29) is 30.5 Å². The van der Waals surface area contributed by atoms with E-state index in [9.17, 15) is 13.2 Å². The van der Waals surface area contributed by atoms with Crippen LogP contribution in [0, 0.1) is 0 Å². The molecule has 0 rings (SSSR count). The minimum Gasteiger partial charge on any atom is -0.465 e. The molecule has 0 unspecified atom stereocenters. The quantitative estimate of drug-likeness (QED) is 0.430. The number of hydrogen-bond acceptors (Lipinski definition) is 4. The molecule has 0 atom stereocenters. The van der Waals surface area contributed by atoms with Crippen molar-refractivity contribution in [1.29, 1.82) is 0 Å². The Morgan fingerprint density at radius 2 is 1.56 bits per heavy atom. The number of carbonyl (C=O) groups is 1. The van der Waals surface area contributed by atoms with Gasteiger partial charge in [0, 0.05) is 6.42 Å². The maximum absolute atomic E-state index is 11.6. The van der Waals surface area contributed by atoms with Crippen LogP contribution in [0.3, 0.4) is 0 Å². The first-order valence-electron chi connectivity index (χ1n) is 6.88. The molecule has 5 heteroatoms. The fraction of sp³-hybridized carbons (Fsp3) is 0.923. The summed E-state index contributed by atoms with van der Waals surface area (Å²) in [6, 6.07) is 0. The van der Waals surface area contributed by atoms with E-state index >= 15 is 0 Å². The lowest BCUT2D eigenvalue weighted by molar-refractivity contribution is -0.142. The number of hydrogen-bond donors (Lipinski definition) is 0. The van der Waals surface area contributed by atoms with Gasteiger partial charge in [-0.1, -0.05) is 46.0 Å². The molecule has 0 N–H and O–H groups in total. The summed E-state index contributed by atoms with van der Waals surface area (Å²) in [5.74, 6) is -0.180. The Balaban J connectivity index is 3.58. The van der Waals surface area contributed by atoms with Crippen LogP contribution in [0.1, 0.15) is 58.8 Å². The Morgan fingerprint density at radius 3 is 2.17 bits per heavy atom. The van der Waals surface area contributed by atoms with Crippen molar-refractivity contribution in [3.05, 3.63) is 0 Å². The SMILES string of the molecule is CCCCCCCCS(=O)(=O)CCOC(=O)CC. The zero-order valence-electron chi connectivity index (χ0n) is 11.6. The topological polar surface area (TPSA) is 60.4 Å². The second kappa shape index (κ2) is 10.4. The Kier molecular flexibility index (Phi) is 10.0. The first kappa shape index (κ1) is 17.4. The molecule has 0 aromatic carbocycles. The summed E-state index contributed by atoms with van der Waals surface area (Å²) in [4.78, 5) is 10.8. The molecule has 0 aliphatic rings. The van der Waals surface area contributed by atoms with Gasteiger partial charge in [0.2, 0.25) is 0 Å². The predicted molar refractivity (Wildman–Crippen MR) is 73.3 cm³/mol. The maximum Gasteiger partial charge on any atom is 0.305 e. The zero-order chi connectivity index (χ0) is 13.9. The summed E-state index contributed by atoms with van der Waals surface area (Å²) in [6.07, 6.45) is 6.68. The molecule has 0 spiro atoms. The van der Waals surface area contributed by atoms with Crippen LogP contribution in [0.5, 0.6) is 0 Å². The molecule has 0 aromatic rings. The van der Waals surface area contributed by atoms with Crippen LogP contribution >= 0.6 is 0 Å². The van der Waals surface area contributed by atoms with Gasteiger partial charge in [-0.25, -0.2) is 8.42 Å². The number of unbranched alkanes of at least 4 members (excludes halogenated alkanes) is 5. The van der Waals surface area contributed by atoms with Gasteiger partial charge in [0.1, 0.15) is 6.61 Å². The Morgan fingerprint density at radius 1 is 0.944 bits per heavy atom. The van der Waals surface area contributed by atoms with Crippen LogP contribution in [-0.4, -0.2) is 32.5 Å². The highest BCUT2D eigenvalue weighted by atomic mass is 32.2. The van der Waals surface area contributed by atoms with E-state index in [1.165, 1.54) is 19.3 Å². The van der Waals surface area contributed by atoms with Gasteiger partial charge in [-0.05, 0) is 6.42 Å². The Bertz CT molecular complexity index is 309. The van der Waals surface area contributed by atoms with Crippen LogP contribution in [0.4, 0.5) is 0 Å². The minimum atomic E-state index is -3.06. The van der Waals surface area contributed by atoms with E-state index in [0.717, 1.165) is 12.8 Å². The van der Waals surface area contributed by atoms with E-state index < -0.39 is 9.84 Å². The second-order valence-electron chi connectivity index (χ2n) is 4.49. The van der Waals surface area contributed by atoms with Crippen molar-refractivity contribution in [2.45, 2.75) is 58.8 Å². The van der Waals surface area contributed by atoms with E-state index in [1.54, 1.807) is 6.92 Å². The molecular formula is C13H26O4S. The smallest absolute Gasteiger partial charge is 0.305 e. The molecule has 0 saturated heterocycles. The lowest BCUT2D eigenvalue weighted by Crippen LogP contribution is -2.17. The number of carbonyl (C=O) groups excluding carboxylic acids is 1. The van der Waals surface area contributed by atoms with Gasteiger partial charge >= 0.3 is 5.97 Å². The minimum absolute atomic E-state index is 0.00909. The summed E-state index contributed by atoms with van der Waals surface area (Å²) in [6.45, 7) is 3.83. The number of rotatable bonds is 11. The number of sulfone groups is 1. The first-order valence-corrected chi connectivity index (χ1v) is 8.70. The molecule has 0 heterocycles. The standard InChI is InChI=1S/C13H26O4S/c1-3-5-6-7-8-9-11-18(15,16)12-10-17-13(14)4-2/h3-12H2,1-2H3. The van der Waals surface area contributed by atoms with Crippen LogP contribution in [0.2, 0.25) is 0 Å². The normalized spacial score (nSPS) is 11.4. The summed E-state index contributed by atoms with van der Waals surface area (Å²) in [5.41, 5.74) is 0. The summed E-state index contributed by atoms with van der Waals surface area (Å²) in [5, 5.41) is 0. The largest absolute Gasteiger partial charge is 0.465 e. The van der Waals surface area contributed by atoms with E-state index in [1.807, 2.05) is 0 Å². The van der Waals surface area contributed by atoms with Crippen molar-refractivity contribution in [3.8, 4) is 0 Å². The monoisotopic (exact) mass is 278 g/mol. The van der Waals surface area contributed by atoms with Gasteiger partial charge in [-0.15, -0.1) is 0 Å². The van der Waals surface area contributed by atoms with Crippen molar-refractivity contribution in [3.63, 3.8) is 0 Å². The van der Waals surface area contributed by atoms with Crippen molar-refractivity contribution >= 4 is 15.8 Å². The van der Waals surface area contributed by atoms with E-state index in [2.05, 4.69) is 6.92 Å². The van der Waals surface area contributed by atoms with Crippen molar-refractivity contribution in [2.24, 2.45) is 0 Å². The van der Waals surface area contributed by atoms with Gasteiger partial charge in [-0.3, -0.25) is 4.79 Å². The molecule has 4 nitrogen and oxygen atoms in total. The van der Waals surface area contributed by atoms with E-state index in [4.69, 9.17) is 4.74 Å². The molecule has 108 valence electrons. The van der Waals surface area contributed by atoms with E-state index in [0.29, 0.717) is 6.42 Å². The molecule has 0 aromatic heterocycles. The molecule has 18 heavy (non-hydrogen) atoms. The van der Waals surface area contributed by atoms with Gasteiger partial charge in [0.25, 0.3) is 0 Å². The molecular weight excluding hydrogens is 252 g/mol. The number of ether oxygens (including phenoxy) is 1. The van der Waals surface area contributed by atoms with Crippen molar-refractivity contribution < 1.29 is 17.9 Å². The lowest BCUT2D eigenvalue weighted by atomic mass is 10.1. The fourth-order valence-corrected chi connectivity index (χ4v) is 2.77. The Labute approximate surface area is 111 Å². The molecule has 0 amide bonds. The number of esters is 1. The predicted octanol–water partition coefficient (Wildman–Crippen LogP) is 2.71. The van der Waals surface area contributed by atoms with Crippen LogP contribution in [0.25, 0.3) is 0 Å². The lowest BCUT2D eigenvalue weighted by Gasteiger charge is -2.05. The molecule has 0 aliphatic heterocycles. The van der Waals surface area contributed by atoms with Crippen LogP contribution < -0.4 is 0 Å². The third kappa shape index (κ3) is 10.6. The van der Waals surface area contributed by atoms with Gasteiger partial charge in [0.15, 0.2) is 9.84 Å². The second-order valence-corrected chi connectivity index (χ2v) is 6.80. The third-order valence-electron chi connectivity index (χ3n) is 2.75. The first-order chi connectivity index (χ1) is 8.52. The van der Waals surface area contributed by atoms with Crippen molar-refractivity contribution in [2.75, 3.05) is 18.1 Å². The fourth-order valence-electron chi connectivity index (χ4n) is 1.59. The summed E-state index contributed by atoms with van der Waals surface area (Å²) < 4.78 is 28.0. The highest BCUT2D eigenvalue weighted by Gasteiger charge is 2.11. The van der Waals surface area contributed by atoms with Crippen LogP contribution in [0.15, 0.2) is 0 Å². The highest BCUT2D eigenvalue weighted by molar-refractivity contribution is 7.91. The average molecular weight is 278 g/mol. The van der Waals surface area contributed by atoms with Gasteiger partial charge in [0.05, 0.1) is 11.5 Å². The molecule has 0 radical (unpaired) electrons. The Hall–Kier alpha value is -0.580. The molecule has 0 fully saturated rings.